The molecule has 10 aromatic carbocycles. The second kappa shape index (κ2) is 18.1. The molecule has 1 heterocycles. The molecular formula is C63H43N3. The van der Waals surface area contributed by atoms with Gasteiger partial charge < -0.3 is 0 Å². The third-order valence-electron chi connectivity index (χ3n) is 12.1. The van der Waals surface area contributed by atoms with Gasteiger partial charge in [-0.15, -0.1) is 0 Å². The van der Waals surface area contributed by atoms with Gasteiger partial charge in [-0.2, -0.15) is 0 Å². The number of hydrogen-bond acceptors (Lipinski definition) is 3. The number of rotatable bonds is 10. The Labute approximate surface area is 386 Å². The molecule has 0 fully saturated rings. The van der Waals surface area contributed by atoms with Crippen LogP contribution in [-0.4, -0.2) is 15.0 Å². The SMILES string of the molecule is c1ccc(-c2cc(-c3ccccc3)cc(-c3ccccc3-c3ccc(-c4nc(-c5ccccc5)nc(-c5ccccc5)n4)cc3-c3cc(-c4ccccc4)cc(-c4ccccc4)c3)c2)cc1. The van der Waals surface area contributed by atoms with Crippen LogP contribution in [0.25, 0.3) is 112 Å². The van der Waals surface area contributed by atoms with Crippen molar-refractivity contribution < 1.29 is 0 Å². The lowest BCUT2D eigenvalue weighted by Gasteiger charge is -2.19. The summed E-state index contributed by atoms with van der Waals surface area (Å²) >= 11 is 0. The first kappa shape index (κ1) is 40.0. The molecule has 0 radical (unpaired) electrons. The fourth-order valence-corrected chi connectivity index (χ4v) is 8.82. The van der Waals surface area contributed by atoms with E-state index in [1.807, 2.05) is 36.4 Å². The van der Waals surface area contributed by atoms with Gasteiger partial charge in [-0.05, 0) is 120 Å². The van der Waals surface area contributed by atoms with Crippen LogP contribution in [0.5, 0.6) is 0 Å². The molecule has 66 heavy (non-hydrogen) atoms. The summed E-state index contributed by atoms with van der Waals surface area (Å²) in [6.07, 6.45) is 0. The maximum absolute atomic E-state index is 5.19. The first-order chi connectivity index (χ1) is 32.7. The normalized spacial score (nSPS) is 11.0. The van der Waals surface area contributed by atoms with Crippen molar-refractivity contribution >= 4 is 0 Å². The first-order valence-corrected chi connectivity index (χ1v) is 22.3. The summed E-state index contributed by atoms with van der Waals surface area (Å²) in [5.41, 5.74) is 18.7. The summed E-state index contributed by atoms with van der Waals surface area (Å²) in [6.45, 7) is 0. The fraction of sp³-hybridized carbons (Fsp3) is 0. The largest absolute Gasteiger partial charge is 0.208 e. The smallest absolute Gasteiger partial charge is 0.164 e. The lowest BCUT2D eigenvalue weighted by atomic mass is 9.85. The molecule has 0 N–H and O–H groups in total. The Kier molecular flexibility index (Phi) is 11.0. The zero-order valence-corrected chi connectivity index (χ0v) is 36.2. The van der Waals surface area contributed by atoms with Gasteiger partial charge in [0.2, 0.25) is 0 Å². The monoisotopic (exact) mass is 841 g/mol. The molecule has 0 aliphatic carbocycles. The molecule has 3 heteroatoms. The second-order valence-electron chi connectivity index (χ2n) is 16.4. The molecule has 1 aromatic heterocycles. The summed E-state index contributed by atoms with van der Waals surface area (Å²) in [7, 11) is 0. The van der Waals surface area contributed by atoms with E-state index in [4.69, 9.17) is 15.0 Å². The van der Waals surface area contributed by atoms with Gasteiger partial charge >= 0.3 is 0 Å². The lowest BCUT2D eigenvalue weighted by Crippen LogP contribution is -2.00. The molecule has 0 unspecified atom stereocenters. The second-order valence-corrected chi connectivity index (χ2v) is 16.4. The topological polar surface area (TPSA) is 38.7 Å². The lowest BCUT2D eigenvalue weighted by molar-refractivity contribution is 1.07. The van der Waals surface area contributed by atoms with E-state index in [2.05, 4.69) is 224 Å². The highest BCUT2D eigenvalue weighted by atomic mass is 15.0. The van der Waals surface area contributed by atoms with Crippen molar-refractivity contribution in [3.63, 3.8) is 0 Å². The molecule has 0 saturated heterocycles. The van der Waals surface area contributed by atoms with E-state index in [9.17, 15) is 0 Å². The van der Waals surface area contributed by atoms with Crippen LogP contribution < -0.4 is 0 Å². The summed E-state index contributed by atoms with van der Waals surface area (Å²) in [6, 6.07) is 92.4. The molecule has 310 valence electrons. The minimum Gasteiger partial charge on any atom is -0.208 e. The zero-order valence-electron chi connectivity index (χ0n) is 36.2. The average molecular weight is 842 g/mol. The Bertz CT molecular complexity index is 3250. The Morgan fingerprint density at radius 3 is 0.803 bits per heavy atom. The van der Waals surface area contributed by atoms with E-state index < -0.39 is 0 Å². The van der Waals surface area contributed by atoms with E-state index in [1.54, 1.807) is 0 Å². The summed E-state index contributed by atoms with van der Waals surface area (Å²) in [5.74, 6) is 1.86. The van der Waals surface area contributed by atoms with Crippen molar-refractivity contribution in [1.82, 2.24) is 15.0 Å². The van der Waals surface area contributed by atoms with E-state index >= 15 is 0 Å². The Morgan fingerprint density at radius 2 is 0.424 bits per heavy atom. The molecule has 0 bridgehead atoms. The van der Waals surface area contributed by atoms with Gasteiger partial charge in [0.25, 0.3) is 0 Å². The van der Waals surface area contributed by atoms with E-state index in [1.165, 1.54) is 22.3 Å². The van der Waals surface area contributed by atoms with Crippen LogP contribution >= 0.6 is 0 Å². The zero-order chi connectivity index (χ0) is 44.1. The molecule has 0 amide bonds. The van der Waals surface area contributed by atoms with E-state index in [-0.39, 0.29) is 0 Å². The van der Waals surface area contributed by atoms with Crippen LogP contribution in [0.4, 0.5) is 0 Å². The van der Waals surface area contributed by atoms with Crippen LogP contribution in [0.15, 0.2) is 261 Å². The molecular weight excluding hydrogens is 799 g/mol. The molecule has 11 rings (SSSR count). The quantitative estimate of drug-likeness (QED) is 0.138. The minimum absolute atomic E-state index is 0.606. The molecule has 11 aromatic rings. The highest BCUT2D eigenvalue weighted by molar-refractivity contribution is 5.96. The molecule has 0 atom stereocenters. The summed E-state index contributed by atoms with van der Waals surface area (Å²) < 4.78 is 0. The maximum Gasteiger partial charge on any atom is 0.164 e. The van der Waals surface area contributed by atoms with E-state index in [0.717, 1.165) is 72.3 Å². The standard InChI is InChI=1S/C63H43N3/c1-7-21-44(22-8-1)51-37-52(45-23-9-2-10-24-45)40-55(39-51)57-33-19-20-34-58(57)59-36-35-50(63-65-61(48-29-15-5-16-30-48)64-62(66-63)49-31-17-6-18-32-49)43-60(59)56-41-53(46-25-11-3-12-26-46)38-54(42-56)47-27-13-4-14-28-47/h1-43H. The number of hydrogen-bond donors (Lipinski definition) is 0. The Balaban J connectivity index is 1.17. The van der Waals surface area contributed by atoms with Gasteiger partial charge in [-0.25, -0.2) is 15.0 Å². The van der Waals surface area contributed by atoms with Crippen LogP contribution in [0.3, 0.4) is 0 Å². The predicted octanol–water partition coefficient (Wildman–Crippen LogP) is 16.5. The molecule has 0 aliphatic rings. The molecule has 0 aliphatic heterocycles. The third-order valence-corrected chi connectivity index (χ3v) is 12.1. The Morgan fingerprint density at radius 1 is 0.152 bits per heavy atom. The summed E-state index contributed by atoms with van der Waals surface area (Å²) in [4.78, 5) is 15.4. The van der Waals surface area contributed by atoms with Crippen molar-refractivity contribution in [3.8, 4) is 112 Å². The van der Waals surface area contributed by atoms with Crippen molar-refractivity contribution in [2.24, 2.45) is 0 Å². The van der Waals surface area contributed by atoms with Crippen LogP contribution in [0.2, 0.25) is 0 Å². The first-order valence-electron chi connectivity index (χ1n) is 22.3. The average Bonchev–Trinajstić information content (AvgIpc) is 3.42. The predicted molar refractivity (Wildman–Crippen MR) is 274 cm³/mol. The van der Waals surface area contributed by atoms with Crippen LogP contribution in [0.1, 0.15) is 0 Å². The minimum atomic E-state index is 0.606. The molecule has 0 spiro atoms. The van der Waals surface area contributed by atoms with Gasteiger partial charge in [0.05, 0.1) is 0 Å². The van der Waals surface area contributed by atoms with E-state index in [0.29, 0.717) is 17.5 Å². The van der Waals surface area contributed by atoms with Gasteiger partial charge in [0.1, 0.15) is 0 Å². The third kappa shape index (κ3) is 8.37. The number of nitrogens with zero attached hydrogens (tertiary/aromatic N) is 3. The van der Waals surface area contributed by atoms with Gasteiger partial charge in [0.15, 0.2) is 17.5 Å². The Hall–Kier alpha value is -8.79. The number of aromatic nitrogens is 3. The van der Waals surface area contributed by atoms with Gasteiger partial charge in [-0.3, -0.25) is 0 Å². The van der Waals surface area contributed by atoms with Gasteiger partial charge in [-0.1, -0.05) is 218 Å². The summed E-state index contributed by atoms with van der Waals surface area (Å²) in [5, 5.41) is 0. The maximum atomic E-state index is 5.19. The molecule has 3 nitrogen and oxygen atoms in total. The van der Waals surface area contributed by atoms with Crippen LogP contribution in [0, 0.1) is 0 Å². The number of benzene rings is 10. The van der Waals surface area contributed by atoms with Crippen LogP contribution in [-0.2, 0) is 0 Å². The van der Waals surface area contributed by atoms with Crippen molar-refractivity contribution in [2.75, 3.05) is 0 Å². The van der Waals surface area contributed by atoms with Crippen molar-refractivity contribution in [3.05, 3.63) is 261 Å². The fourth-order valence-electron chi connectivity index (χ4n) is 8.82. The highest BCUT2D eigenvalue weighted by Gasteiger charge is 2.20. The van der Waals surface area contributed by atoms with Gasteiger partial charge in [0, 0.05) is 16.7 Å². The van der Waals surface area contributed by atoms with Crippen molar-refractivity contribution in [1.29, 1.82) is 0 Å². The highest BCUT2D eigenvalue weighted by Crippen LogP contribution is 2.44. The van der Waals surface area contributed by atoms with Crippen molar-refractivity contribution in [2.45, 2.75) is 0 Å². The molecule has 0 saturated carbocycles.